The highest BCUT2D eigenvalue weighted by Gasteiger charge is 2.07. The van der Waals surface area contributed by atoms with E-state index in [1.807, 2.05) is 6.07 Å². The van der Waals surface area contributed by atoms with Gasteiger partial charge in [0, 0.05) is 6.54 Å². The van der Waals surface area contributed by atoms with Gasteiger partial charge in [-0.1, -0.05) is 22.9 Å². The van der Waals surface area contributed by atoms with Crippen molar-refractivity contribution in [1.29, 1.82) is 5.26 Å². The highest BCUT2D eigenvalue weighted by molar-refractivity contribution is 7.16. The van der Waals surface area contributed by atoms with Crippen LogP contribution >= 0.6 is 22.9 Å². The molecular formula is C8H10ClN3OS. The summed E-state index contributed by atoms with van der Waals surface area (Å²) in [7, 11) is 0. The van der Waals surface area contributed by atoms with Gasteiger partial charge in [0.2, 0.25) is 0 Å². The van der Waals surface area contributed by atoms with E-state index >= 15 is 0 Å². The summed E-state index contributed by atoms with van der Waals surface area (Å²) in [5.41, 5.74) is 0. The normalized spacial score (nSPS) is 12.1. The highest BCUT2D eigenvalue weighted by Crippen LogP contribution is 2.25. The standard InChI is InChI=1S/C8H10ClN3OS/c1-5(13)2-3-11-8-12-7(9)6(4-10)14-8/h5,13H,2-3H2,1H3,(H,11,12)/t5-/m1/s1. The van der Waals surface area contributed by atoms with Crippen LogP contribution in [0.5, 0.6) is 0 Å². The topological polar surface area (TPSA) is 68.9 Å². The summed E-state index contributed by atoms with van der Waals surface area (Å²) in [6, 6.07) is 1.95. The molecule has 0 saturated heterocycles. The van der Waals surface area contributed by atoms with E-state index < -0.39 is 0 Å². The first-order valence-corrected chi connectivity index (χ1v) is 5.31. The van der Waals surface area contributed by atoms with E-state index in [1.54, 1.807) is 6.92 Å². The lowest BCUT2D eigenvalue weighted by atomic mass is 10.3. The van der Waals surface area contributed by atoms with Crippen LogP contribution in [0.4, 0.5) is 5.13 Å². The van der Waals surface area contributed by atoms with Gasteiger partial charge in [-0.3, -0.25) is 0 Å². The number of nitrogens with one attached hydrogen (secondary N) is 1. The van der Waals surface area contributed by atoms with Gasteiger partial charge in [-0.2, -0.15) is 5.26 Å². The lowest BCUT2D eigenvalue weighted by Crippen LogP contribution is -2.09. The number of hydrogen-bond donors (Lipinski definition) is 2. The monoisotopic (exact) mass is 231 g/mol. The Kier molecular flexibility index (Phi) is 4.14. The summed E-state index contributed by atoms with van der Waals surface area (Å²) < 4.78 is 0. The second-order valence-corrected chi connectivity index (χ2v) is 4.17. The van der Waals surface area contributed by atoms with Gasteiger partial charge in [0.1, 0.15) is 10.9 Å². The third-order valence-corrected chi connectivity index (χ3v) is 2.83. The van der Waals surface area contributed by atoms with Crippen LogP contribution in [0.15, 0.2) is 0 Å². The Hall–Kier alpha value is -0.830. The van der Waals surface area contributed by atoms with Gasteiger partial charge < -0.3 is 10.4 Å². The van der Waals surface area contributed by atoms with Crippen LogP contribution in [-0.2, 0) is 0 Å². The van der Waals surface area contributed by atoms with Crippen molar-refractivity contribution in [3.05, 3.63) is 10.0 Å². The second-order valence-electron chi connectivity index (χ2n) is 2.82. The van der Waals surface area contributed by atoms with Crippen molar-refractivity contribution in [2.24, 2.45) is 0 Å². The van der Waals surface area contributed by atoms with E-state index in [4.69, 9.17) is 22.0 Å². The van der Waals surface area contributed by atoms with Crippen LogP contribution < -0.4 is 5.32 Å². The summed E-state index contributed by atoms with van der Waals surface area (Å²) >= 11 is 6.89. The van der Waals surface area contributed by atoms with E-state index in [-0.39, 0.29) is 11.3 Å². The Balaban J connectivity index is 2.48. The Labute approximate surface area is 91.2 Å². The molecule has 1 aromatic heterocycles. The van der Waals surface area contributed by atoms with E-state index in [9.17, 15) is 0 Å². The van der Waals surface area contributed by atoms with Gasteiger partial charge in [-0.05, 0) is 13.3 Å². The number of nitriles is 1. The molecule has 0 unspecified atom stereocenters. The molecule has 0 aliphatic carbocycles. The summed E-state index contributed by atoms with van der Waals surface area (Å²) in [4.78, 5) is 4.36. The van der Waals surface area contributed by atoms with Crippen LogP contribution in [0.3, 0.4) is 0 Å². The molecule has 0 fully saturated rings. The van der Waals surface area contributed by atoms with Gasteiger partial charge in [-0.15, -0.1) is 0 Å². The summed E-state index contributed by atoms with van der Waals surface area (Å²) in [5.74, 6) is 0. The van der Waals surface area contributed by atoms with Gasteiger partial charge in [0.15, 0.2) is 10.3 Å². The molecule has 14 heavy (non-hydrogen) atoms. The van der Waals surface area contributed by atoms with Crippen LogP contribution in [0.25, 0.3) is 0 Å². The smallest absolute Gasteiger partial charge is 0.185 e. The Morgan fingerprint density at radius 3 is 3.00 bits per heavy atom. The number of aliphatic hydroxyl groups excluding tert-OH is 1. The second kappa shape index (κ2) is 5.15. The first-order valence-electron chi connectivity index (χ1n) is 4.12. The van der Waals surface area contributed by atoms with Crippen molar-refractivity contribution < 1.29 is 5.11 Å². The molecule has 0 radical (unpaired) electrons. The fourth-order valence-electron chi connectivity index (χ4n) is 0.834. The minimum absolute atomic E-state index is 0.233. The van der Waals surface area contributed by atoms with E-state index in [1.165, 1.54) is 11.3 Å². The highest BCUT2D eigenvalue weighted by atomic mass is 35.5. The number of nitrogens with zero attached hydrogens (tertiary/aromatic N) is 2. The Morgan fingerprint density at radius 1 is 1.79 bits per heavy atom. The molecule has 4 nitrogen and oxygen atoms in total. The number of thiazole rings is 1. The van der Waals surface area contributed by atoms with Crippen molar-refractivity contribution in [3.63, 3.8) is 0 Å². The predicted molar refractivity (Wildman–Crippen MR) is 56.6 cm³/mol. The van der Waals surface area contributed by atoms with Crippen LogP contribution in [0.1, 0.15) is 18.2 Å². The molecule has 2 N–H and O–H groups in total. The fourth-order valence-corrected chi connectivity index (χ4v) is 1.81. The lowest BCUT2D eigenvalue weighted by Gasteiger charge is -2.03. The average molecular weight is 232 g/mol. The third-order valence-electron chi connectivity index (χ3n) is 1.53. The molecule has 0 amide bonds. The van der Waals surface area contributed by atoms with Crippen molar-refractivity contribution in [3.8, 4) is 6.07 Å². The summed E-state index contributed by atoms with van der Waals surface area (Å²) in [6.07, 6.45) is 0.299. The van der Waals surface area contributed by atoms with Gasteiger partial charge in [-0.25, -0.2) is 4.98 Å². The minimum Gasteiger partial charge on any atom is -0.393 e. The Bertz CT molecular complexity index is 345. The molecule has 0 bridgehead atoms. The molecule has 6 heteroatoms. The molecule has 0 spiro atoms. The zero-order valence-electron chi connectivity index (χ0n) is 7.62. The maximum Gasteiger partial charge on any atom is 0.185 e. The molecule has 1 atom stereocenters. The maximum absolute atomic E-state index is 9.00. The molecule has 0 aliphatic heterocycles. The number of halogens is 1. The number of rotatable bonds is 4. The van der Waals surface area contributed by atoms with Crippen molar-refractivity contribution >= 4 is 28.1 Å². The first-order chi connectivity index (χ1) is 6.63. The summed E-state index contributed by atoms with van der Waals surface area (Å²) in [5, 5.41) is 21.4. The molecule has 0 aromatic carbocycles. The van der Waals surface area contributed by atoms with E-state index in [0.29, 0.717) is 23.0 Å². The van der Waals surface area contributed by atoms with Gasteiger partial charge >= 0.3 is 0 Å². The van der Waals surface area contributed by atoms with Crippen molar-refractivity contribution in [2.75, 3.05) is 11.9 Å². The first kappa shape index (κ1) is 11.2. The molecule has 1 rings (SSSR count). The van der Waals surface area contributed by atoms with Crippen molar-refractivity contribution in [2.45, 2.75) is 19.4 Å². The molecule has 0 aliphatic rings. The minimum atomic E-state index is -0.339. The molecule has 0 saturated carbocycles. The predicted octanol–water partition coefficient (Wildman–Crippen LogP) is 1.85. The van der Waals surface area contributed by atoms with Gasteiger partial charge in [0.25, 0.3) is 0 Å². The average Bonchev–Trinajstić information content (AvgIpc) is 2.45. The Morgan fingerprint density at radius 2 is 2.50 bits per heavy atom. The SMILES string of the molecule is C[C@@H](O)CCNc1nc(Cl)c(C#N)s1. The maximum atomic E-state index is 9.00. The number of aliphatic hydroxyl groups is 1. The van der Waals surface area contributed by atoms with Crippen molar-refractivity contribution in [1.82, 2.24) is 4.98 Å². The fraction of sp³-hybridized carbons (Fsp3) is 0.500. The summed E-state index contributed by atoms with van der Waals surface area (Å²) in [6.45, 7) is 2.34. The van der Waals surface area contributed by atoms with E-state index in [2.05, 4.69) is 10.3 Å². The molecule has 76 valence electrons. The third kappa shape index (κ3) is 3.14. The molecule has 1 heterocycles. The van der Waals surface area contributed by atoms with Gasteiger partial charge in [0.05, 0.1) is 6.10 Å². The van der Waals surface area contributed by atoms with Crippen LogP contribution in [0, 0.1) is 11.3 Å². The van der Waals surface area contributed by atoms with E-state index in [0.717, 1.165) is 0 Å². The number of anilines is 1. The molecule has 1 aromatic rings. The lowest BCUT2D eigenvalue weighted by molar-refractivity contribution is 0.189. The van der Waals surface area contributed by atoms with Crippen LogP contribution in [-0.4, -0.2) is 22.7 Å². The number of aromatic nitrogens is 1. The number of hydrogen-bond acceptors (Lipinski definition) is 5. The molecular weight excluding hydrogens is 222 g/mol. The quantitative estimate of drug-likeness (QED) is 0.830. The zero-order valence-corrected chi connectivity index (χ0v) is 9.19. The largest absolute Gasteiger partial charge is 0.393 e. The van der Waals surface area contributed by atoms with Crippen LogP contribution in [0.2, 0.25) is 5.15 Å². The zero-order chi connectivity index (χ0) is 10.6.